The van der Waals surface area contributed by atoms with E-state index in [4.69, 9.17) is 19.8 Å². The number of carboxylic acid groups (broad SMARTS) is 2. The predicted molar refractivity (Wildman–Crippen MR) is 69.0 cm³/mol. The molecule has 1 saturated heterocycles. The van der Waals surface area contributed by atoms with Crippen LogP contribution in [0.2, 0.25) is 0 Å². The fourth-order valence-electron chi connectivity index (χ4n) is 2.83. The predicted octanol–water partition coefficient (Wildman–Crippen LogP) is 1.75. The van der Waals surface area contributed by atoms with Gasteiger partial charge in [-0.05, 0) is 42.9 Å². The lowest BCUT2D eigenvalue weighted by Gasteiger charge is -2.13. The van der Waals surface area contributed by atoms with Crippen molar-refractivity contribution in [2.75, 3.05) is 6.54 Å². The molecule has 1 aromatic rings. The molecule has 0 aromatic heterocycles. The van der Waals surface area contributed by atoms with Crippen LogP contribution in [0, 0.1) is 0 Å². The van der Waals surface area contributed by atoms with Gasteiger partial charge < -0.3 is 15.5 Å². The summed E-state index contributed by atoms with van der Waals surface area (Å²) in [5.41, 5.74) is 3.17. The molecule has 3 rings (SSSR count). The maximum absolute atomic E-state index is 9.10. The molecule has 1 aromatic carbocycles. The molecule has 102 valence electrons. The molecule has 1 heterocycles. The molecular weight excluding hydrogens is 246 g/mol. The fraction of sp³-hybridized carbons (Fsp3) is 0.429. The van der Waals surface area contributed by atoms with Crippen LogP contribution in [0.15, 0.2) is 24.3 Å². The minimum atomic E-state index is -1.82. The van der Waals surface area contributed by atoms with Gasteiger partial charge in [0.2, 0.25) is 0 Å². The van der Waals surface area contributed by atoms with Crippen molar-refractivity contribution in [1.82, 2.24) is 5.32 Å². The molecule has 0 amide bonds. The molecule has 0 saturated carbocycles. The SMILES string of the molecule is O=C(O)C(=O)O.c1ccc2c(c1)C1CCCNC2C1. The second-order valence-corrected chi connectivity index (χ2v) is 4.82. The molecule has 2 aliphatic rings. The summed E-state index contributed by atoms with van der Waals surface area (Å²) in [4.78, 5) is 18.2. The monoisotopic (exact) mass is 263 g/mol. The summed E-state index contributed by atoms with van der Waals surface area (Å²) >= 11 is 0. The van der Waals surface area contributed by atoms with Crippen LogP contribution in [0.3, 0.4) is 0 Å². The van der Waals surface area contributed by atoms with Crippen molar-refractivity contribution in [3.63, 3.8) is 0 Å². The van der Waals surface area contributed by atoms with E-state index in [0.717, 1.165) is 5.92 Å². The molecule has 2 bridgehead atoms. The molecule has 2 atom stereocenters. The van der Waals surface area contributed by atoms with Crippen molar-refractivity contribution in [3.05, 3.63) is 35.4 Å². The Morgan fingerprint density at radius 1 is 1.11 bits per heavy atom. The molecular formula is C14H17NO4. The van der Waals surface area contributed by atoms with Crippen LogP contribution < -0.4 is 5.32 Å². The second kappa shape index (κ2) is 5.84. The number of hydrogen-bond donors (Lipinski definition) is 3. The molecule has 0 spiro atoms. The molecule has 5 heteroatoms. The summed E-state index contributed by atoms with van der Waals surface area (Å²) in [5.74, 6) is -2.80. The van der Waals surface area contributed by atoms with Crippen LogP contribution in [0.5, 0.6) is 0 Å². The van der Waals surface area contributed by atoms with Crippen molar-refractivity contribution in [3.8, 4) is 0 Å². The van der Waals surface area contributed by atoms with Crippen molar-refractivity contribution in [1.29, 1.82) is 0 Å². The lowest BCUT2D eigenvalue weighted by molar-refractivity contribution is -0.159. The molecule has 1 aliphatic heterocycles. The van der Waals surface area contributed by atoms with Crippen LogP contribution in [0.25, 0.3) is 0 Å². The first-order chi connectivity index (χ1) is 9.09. The van der Waals surface area contributed by atoms with E-state index >= 15 is 0 Å². The number of carboxylic acids is 2. The highest BCUT2D eigenvalue weighted by atomic mass is 16.4. The Morgan fingerprint density at radius 2 is 1.74 bits per heavy atom. The van der Waals surface area contributed by atoms with E-state index in [1.54, 1.807) is 11.1 Å². The number of carbonyl (C=O) groups is 2. The van der Waals surface area contributed by atoms with Gasteiger partial charge >= 0.3 is 11.9 Å². The Kier molecular flexibility index (Phi) is 4.16. The average molecular weight is 263 g/mol. The maximum atomic E-state index is 9.10. The molecule has 1 fully saturated rings. The van der Waals surface area contributed by atoms with Gasteiger partial charge in [-0.15, -0.1) is 0 Å². The number of rotatable bonds is 0. The van der Waals surface area contributed by atoms with E-state index in [1.165, 1.54) is 25.8 Å². The summed E-state index contributed by atoms with van der Waals surface area (Å²) in [6.07, 6.45) is 4.05. The van der Waals surface area contributed by atoms with E-state index in [0.29, 0.717) is 6.04 Å². The van der Waals surface area contributed by atoms with Crippen LogP contribution in [0.1, 0.15) is 42.3 Å². The van der Waals surface area contributed by atoms with Gasteiger partial charge in [0, 0.05) is 6.04 Å². The Labute approximate surface area is 111 Å². The zero-order valence-corrected chi connectivity index (χ0v) is 10.5. The molecule has 2 unspecified atom stereocenters. The minimum Gasteiger partial charge on any atom is -0.473 e. The Bertz CT molecular complexity index is 443. The average Bonchev–Trinajstić information content (AvgIpc) is 2.58. The second-order valence-electron chi connectivity index (χ2n) is 4.82. The van der Waals surface area contributed by atoms with E-state index < -0.39 is 11.9 Å². The number of fused-ring (bicyclic) bond motifs is 5. The first kappa shape index (κ1) is 13.5. The maximum Gasteiger partial charge on any atom is 0.414 e. The third-order valence-corrected chi connectivity index (χ3v) is 3.63. The Morgan fingerprint density at radius 3 is 2.37 bits per heavy atom. The van der Waals surface area contributed by atoms with Crippen molar-refractivity contribution < 1.29 is 19.8 Å². The highest BCUT2D eigenvalue weighted by Crippen LogP contribution is 2.43. The van der Waals surface area contributed by atoms with Crippen molar-refractivity contribution >= 4 is 11.9 Å². The van der Waals surface area contributed by atoms with Gasteiger partial charge in [0.15, 0.2) is 0 Å². The van der Waals surface area contributed by atoms with Gasteiger partial charge in [-0.25, -0.2) is 9.59 Å². The largest absolute Gasteiger partial charge is 0.473 e. The smallest absolute Gasteiger partial charge is 0.414 e. The molecule has 5 nitrogen and oxygen atoms in total. The Hall–Kier alpha value is -1.88. The Balaban J connectivity index is 0.000000192. The molecule has 1 aliphatic carbocycles. The number of aliphatic carboxylic acids is 2. The number of nitrogens with one attached hydrogen (secondary N) is 1. The van der Waals surface area contributed by atoms with E-state index in [2.05, 4.69) is 29.6 Å². The lowest BCUT2D eigenvalue weighted by atomic mass is 9.96. The van der Waals surface area contributed by atoms with Crippen molar-refractivity contribution in [2.24, 2.45) is 0 Å². The van der Waals surface area contributed by atoms with E-state index in [9.17, 15) is 0 Å². The molecule has 19 heavy (non-hydrogen) atoms. The van der Waals surface area contributed by atoms with Gasteiger partial charge in [-0.3, -0.25) is 0 Å². The van der Waals surface area contributed by atoms with Gasteiger partial charge in [0.05, 0.1) is 0 Å². The number of hydrogen-bond acceptors (Lipinski definition) is 3. The van der Waals surface area contributed by atoms with Gasteiger partial charge in [-0.1, -0.05) is 24.3 Å². The van der Waals surface area contributed by atoms with E-state index in [-0.39, 0.29) is 0 Å². The zero-order valence-electron chi connectivity index (χ0n) is 10.5. The molecule has 3 N–H and O–H groups in total. The summed E-state index contributed by atoms with van der Waals surface area (Å²) < 4.78 is 0. The van der Waals surface area contributed by atoms with Crippen LogP contribution in [0.4, 0.5) is 0 Å². The summed E-state index contributed by atoms with van der Waals surface area (Å²) in [6.45, 7) is 1.20. The first-order valence-corrected chi connectivity index (χ1v) is 6.38. The summed E-state index contributed by atoms with van der Waals surface area (Å²) in [5, 5.41) is 18.4. The van der Waals surface area contributed by atoms with Crippen LogP contribution in [-0.4, -0.2) is 28.7 Å². The normalized spacial score (nSPS) is 23.6. The highest BCUT2D eigenvalue weighted by Gasteiger charge is 2.31. The number of benzene rings is 1. The quantitative estimate of drug-likeness (QED) is 0.621. The zero-order chi connectivity index (χ0) is 13.8. The van der Waals surface area contributed by atoms with Crippen LogP contribution in [-0.2, 0) is 9.59 Å². The van der Waals surface area contributed by atoms with Crippen molar-refractivity contribution in [2.45, 2.75) is 31.2 Å². The van der Waals surface area contributed by atoms with E-state index in [1.807, 2.05) is 0 Å². The van der Waals surface area contributed by atoms with Gasteiger partial charge in [0.25, 0.3) is 0 Å². The topological polar surface area (TPSA) is 86.6 Å². The highest BCUT2D eigenvalue weighted by molar-refractivity contribution is 6.27. The molecule has 0 radical (unpaired) electrons. The fourth-order valence-corrected chi connectivity index (χ4v) is 2.83. The first-order valence-electron chi connectivity index (χ1n) is 6.38. The summed E-state index contributed by atoms with van der Waals surface area (Å²) in [7, 11) is 0. The third kappa shape index (κ3) is 3.12. The van der Waals surface area contributed by atoms with Crippen LogP contribution >= 0.6 is 0 Å². The summed E-state index contributed by atoms with van der Waals surface area (Å²) in [6, 6.07) is 9.60. The van der Waals surface area contributed by atoms with Gasteiger partial charge in [0.1, 0.15) is 0 Å². The minimum absolute atomic E-state index is 0.656. The lowest BCUT2D eigenvalue weighted by Crippen LogP contribution is -2.19. The third-order valence-electron chi connectivity index (χ3n) is 3.63. The standard InChI is InChI=1S/C12H15N.C2H2O4/c1-2-6-11-10(5-1)9-4-3-7-13-12(11)8-9;3-1(4)2(5)6/h1-2,5-6,9,12-13H,3-4,7-8H2;(H,3,4)(H,5,6). The van der Waals surface area contributed by atoms with Gasteiger partial charge in [-0.2, -0.15) is 0 Å².